The molecule has 3 aromatic rings. The Morgan fingerprint density at radius 2 is 1.94 bits per heavy atom. The lowest BCUT2D eigenvalue weighted by atomic mass is 10.2. The molecule has 4 rings (SSSR count). The Hall–Kier alpha value is -3.00. The van der Waals surface area contributed by atoms with Crippen LogP contribution < -0.4 is 15.4 Å². The van der Waals surface area contributed by atoms with Crippen LogP contribution in [-0.4, -0.2) is 42.8 Å². The first kappa shape index (κ1) is 22.2. The number of nitrogens with one attached hydrogen (secondary N) is 3. The molecular formula is C18H15F4N5O3S2. The Morgan fingerprint density at radius 3 is 2.62 bits per heavy atom. The molecule has 8 nitrogen and oxygen atoms in total. The highest BCUT2D eigenvalue weighted by atomic mass is 32.2. The predicted octanol–water partition coefficient (Wildman–Crippen LogP) is 3.65. The van der Waals surface area contributed by atoms with Crippen LogP contribution in [0.2, 0.25) is 0 Å². The molecule has 0 saturated heterocycles. The number of halogens is 4. The number of carbonyl (C=O) groups excluding carboxylic acids is 1. The van der Waals surface area contributed by atoms with Gasteiger partial charge in [0.25, 0.3) is 5.91 Å². The van der Waals surface area contributed by atoms with Gasteiger partial charge < -0.3 is 10.6 Å². The number of aromatic nitrogens is 2. The maximum absolute atomic E-state index is 14.7. The summed E-state index contributed by atoms with van der Waals surface area (Å²) in [5.41, 5.74) is -1.97. The SMILES string of the molecule is O=C(Nc1c(F)c(F)cc(NS(=O)(=O)CCF)c1F)c1csc2c(NC3CC3)ncnc12. The number of benzene rings is 1. The minimum atomic E-state index is -4.35. The molecule has 32 heavy (non-hydrogen) atoms. The van der Waals surface area contributed by atoms with Crippen molar-refractivity contribution in [3.63, 3.8) is 0 Å². The largest absolute Gasteiger partial charge is 0.366 e. The Balaban J connectivity index is 1.66. The summed E-state index contributed by atoms with van der Waals surface area (Å²) in [7, 11) is -4.35. The molecule has 2 heterocycles. The second-order valence-corrected chi connectivity index (χ2v) is 9.66. The Bertz CT molecular complexity index is 1310. The quantitative estimate of drug-likeness (QED) is 0.329. The van der Waals surface area contributed by atoms with Crippen LogP contribution in [0, 0.1) is 17.5 Å². The van der Waals surface area contributed by atoms with Crippen LogP contribution in [0.25, 0.3) is 10.2 Å². The summed E-state index contributed by atoms with van der Waals surface area (Å²) in [5.74, 6) is -6.39. The normalized spacial score (nSPS) is 13.9. The zero-order valence-corrected chi connectivity index (χ0v) is 17.7. The smallest absolute Gasteiger partial charge is 0.258 e. The number of carbonyl (C=O) groups is 1. The Morgan fingerprint density at radius 1 is 1.19 bits per heavy atom. The lowest BCUT2D eigenvalue weighted by Crippen LogP contribution is -2.20. The van der Waals surface area contributed by atoms with Crippen molar-refractivity contribution in [2.45, 2.75) is 18.9 Å². The number of thiophene rings is 1. The third-order valence-corrected chi connectivity index (χ3v) is 6.72. The summed E-state index contributed by atoms with van der Waals surface area (Å²) >= 11 is 1.14. The van der Waals surface area contributed by atoms with E-state index in [0.717, 1.165) is 24.2 Å². The molecule has 0 aliphatic heterocycles. The number of fused-ring (bicyclic) bond motifs is 1. The van der Waals surface area contributed by atoms with E-state index in [0.29, 0.717) is 10.5 Å². The van der Waals surface area contributed by atoms with E-state index in [-0.39, 0.29) is 23.2 Å². The van der Waals surface area contributed by atoms with Crippen molar-refractivity contribution < 1.29 is 30.8 Å². The fourth-order valence-corrected chi connectivity index (χ4v) is 4.57. The first-order chi connectivity index (χ1) is 15.2. The molecule has 1 aliphatic rings. The van der Waals surface area contributed by atoms with Crippen LogP contribution in [0.15, 0.2) is 17.8 Å². The number of rotatable bonds is 8. The van der Waals surface area contributed by atoms with Gasteiger partial charge in [0.15, 0.2) is 17.5 Å². The second-order valence-electron chi connectivity index (χ2n) is 6.94. The van der Waals surface area contributed by atoms with Crippen molar-refractivity contribution in [2.24, 2.45) is 0 Å². The molecule has 0 unspecified atom stereocenters. The predicted molar refractivity (Wildman–Crippen MR) is 112 cm³/mol. The van der Waals surface area contributed by atoms with E-state index in [1.807, 2.05) is 5.32 Å². The highest BCUT2D eigenvalue weighted by Gasteiger charge is 2.26. The van der Waals surface area contributed by atoms with E-state index in [1.54, 1.807) is 4.72 Å². The van der Waals surface area contributed by atoms with Gasteiger partial charge >= 0.3 is 0 Å². The van der Waals surface area contributed by atoms with Crippen LogP contribution in [0.4, 0.5) is 34.8 Å². The Kier molecular flexibility index (Phi) is 5.90. The lowest BCUT2D eigenvalue weighted by Gasteiger charge is -2.13. The van der Waals surface area contributed by atoms with E-state index in [2.05, 4.69) is 15.3 Å². The summed E-state index contributed by atoms with van der Waals surface area (Å²) in [6.45, 7) is -1.27. The second kappa shape index (κ2) is 8.50. The fourth-order valence-electron chi connectivity index (χ4n) is 2.82. The average Bonchev–Trinajstić information content (AvgIpc) is 3.44. The molecule has 1 fully saturated rings. The van der Waals surface area contributed by atoms with Gasteiger partial charge in [-0.3, -0.25) is 9.52 Å². The van der Waals surface area contributed by atoms with Crippen LogP contribution in [0.1, 0.15) is 23.2 Å². The van der Waals surface area contributed by atoms with Gasteiger partial charge in [0.1, 0.15) is 24.5 Å². The summed E-state index contributed by atoms with van der Waals surface area (Å²) in [5, 5.41) is 6.53. The lowest BCUT2D eigenvalue weighted by molar-refractivity contribution is 0.102. The van der Waals surface area contributed by atoms with Gasteiger partial charge in [-0.2, -0.15) is 0 Å². The third-order valence-electron chi connectivity index (χ3n) is 4.52. The zero-order chi connectivity index (χ0) is 23.0. The molecule has 0 atom stereocenters. The van der Waals surface area contributed by atoms with Crippen molar-refractivity contribution in [3.8, 4) is 0 Å². The maximum Gasteiger partial charge on any atom is 0.258 e. The van der Waals surface area contributed by atoms with E-state index >= 15 is 0 Å². The topological polar surface area (TPSA) is 113 Å². The maximum atomic E-state index is 14.7. The van der Waals surface area contributed by atoms with Crippen molar-refractivity contribution in [3.05, 3.63) is 40.8 Å². The number of anilines is 3. The van der Waals surface area contributed by atoms with E-state index in [1.165, 1.54) is 11.7 Å². The molecule has 170 valence electrons. The molecule has 2 aromatic heterocycles. The molecule has 1 aliphatic carbocycles. The molecular weight excluding hydrogens is 474 g/mol. The number of hydrogen-bond acceptors (Lipinski definition) is 7. The molecule has 1 amide bonds. The van der Waals surface area contributed by atoms with Gasteiger partial charge in [0.2, 0.25) is 10.0 Å². The molecule has 1 aromatic carbocycles. The number of nitrogens with zero attached hydrogens (tertiary/aromatic N) is 2. The standard InChI is InChI=1S/C18H15F4N5O3S2/c19-3-4-32(29,30)27-11-5-10(20)12(21)15(13(11)22)26-18(28)9-6-31-16-14(9)23-7-24-17(16)25-8-1-2-8/h5-8,27H,1-4H2,(H,26,28)(H,23,24,25). The van der Waals surface area contributed by atoms with Crippen LogP contribution >= 0.6 is 11.3 Å². The minimum absolute atomic E-state index is 0.0335. The van der Waals surface area contributed by atoms with Gasteiger partial charge in [0.05, 0.1) is 27.2 Å². The van der Waals surface area contributed by atoms with Gasteiger partial charge in [-0.05, 0) is 12.8 Å². The minimum Gasteiger partial charge on any atom is -0.366 e. The van der Waals surface area contributed by atoms with Gasteiger partial charge in [-0.25, -0.2) is 35.9 Å². The number of sulfonamides is 1. The van der Waals surface area contributed by atoms with Crippen LogP contribution in [0.5, 0.6) is 0 Å². The molecule has 0 radical (unpaired) electrons. The molecule has 1 saturated carbocycles. The summed E-state index contributed by atoms with van der Waals surface area (Å²) in [6, 6.07) is 0.543. The first-order valence-corrected chi connectivity index (χ1v) is 11.8. The average molecular weight is 489 g/mol. The zero-order valence-electron chi connectivity index (χ0n) is 16.1. The Labute approximate surface area is 183 Å². The van der Waals surface area contributed by atoms with Crippen molar-refractivity contribution in [1.82, 2.24) is 9.97 Å². The fraction of sp³-hybridized carbons (Fsp3) is 0.278. The van der Waals surface area contributed by atoms with Crippen molar-refractivity contribution in [1.29, 1.82) is 0 Å². The van der Waals surface area contributed by atoms with E-state index in [9.17, 15) is 30.8 Å². The molecule has 14 heteroatoms. The monoisotopic (exact) mass is 489 g/mol. The van der Waals surface area contributed by atoms with Crippen LogP contribution in [-0.2, 0) is 10.0 Å². The van der Waals surface area contributed by atoms with E-state index < -0.39 is 57.2 Å². The summed E-state index contributed by atoms with van der Waals surface area (Å²) < 4.78 is 80.9. The molecule has 3 N–H and O–H groups in total. The highest BCUT2D eigenvalue weighted by molar-refractivity contribution is 7.92. The van der Waals surface area contributed by atoms with Crippen LogP contribution in [0.3, 0.4) is 0 Å². The highest BCUT2D eigenvalue weighted by Crippen LogP contribution is 2.34. The first-order valence-electron chi connectivity index (χ1n) is 9.24. The van der Waals surface area contributed by atoms with Crippen molar-refractivity contribution in [2.75, 3.05) is 27.8 Å². The molecule has 0 spiro atoms. The number of hydrogen-bond donors (Lipinski definition) is 3. The van der Waals surface area contributed by atoms with Gasteiger partial charge in [-0.15, -0.1) is 11.3 Å². The summed E-state index contributed by atoms with van der Waals surface area (Å²) in [4.78, 5) is 20.9. The third kappa shape index (κ3) is 4.46. The van der Waals surface area contributed by atoms with Gasteiger partial charge in [0, 0.05) is 17.5 Å². The van der Waals surface area contributed by atoms with E-state index in [4.69, 9.17) is 0 Å². The molecule has 0 bridgehead atoms. The number of amides is 1. The van der Waals surface area contributed by atoms with Gasteiger partial charge in [-0.1, -0.05) is 0 Å². The van der Waals surface area contributed by atoms with Crippen molar-refractivity contribution >= 4 is 54.7 Å². The summed E-state index contributed by atoms with van der Waals surface area (Å²) in [6.07, 6.45) is 3.21. The number of alkyl halides is 1.